The Morgan fingerprint density at radius 3 is 2.26 bits per heavy atom. The molecule has 1 aliphatic carbocycles. The number of allylic oxidation sites excluding steroid dienone is 2. The number of hydrogen-bond donors (Lipinski definition) is 1. The highest BCUT2D eigenvalue weighted by Gasteiger charge is 2.35. The van der Waals surface area contributed by atoms with Gasteiger partial charge in [-0.1, -0.05) is 27.7 Å². The number of nitrogens with zero attached hydrogens (tertiary/aromatic N) is 1. The maximum absolute atomic E-state index is 12.3. The second-order valence-electron chi connectivity index (χ2n) is 7.03. The largest absolute Gasteiger partial charge is 0.511 e. The zero-order valence-electron chi connectivity index (χ0n) is 13.1. The van der Waals surface area contributed by atoms with Crippen LogP contribution in [0.25, 0.3) is 0 Å². The van der Waals surface area contributed by atoms with E-state index < -0.39 is 0 Å². The number of rotatable bonds is 4. The molecule has 0 saturated carbocycles. The van der Waals surface area contributed by atoms with Gasteiger partial charge >= 0.3 is 0 Å². The standard InChI is InChI=1S/C16H27NO2/c1-10(2)7-12(17-11(3)4)15-13(18)8-16(5,6)9-14(15)19/h10-11,18H,7-9H2,1-6H3. The summed E-state index contributed by atoms with van der Waals surface area (Å²) in [6.07, 6.45) is 1.79. The summed E-state index contributed by atoms with van der Waals surface area (Å²) in [7, 11) is 0. The van der Waals surface area contributed by atoms with E-state index in [4.69, 9.17) is 0 Å². The van der Waals surface area contributed by atoms with Gasteiger partial charge in [-0.05, 0) is 31.6 Å². The second kappa shape index (κ2) is 5.89. The monoisotopic (exact) mass is 265 g/mol. The molecule has 1 aliphatic rings. The molecule has 19 heavy (non-hydrogen) atoms. The molecule has 1 rings (SSSR count). The molecular weight excluding hydrogens is 238 g/mol. The maximum Gasteiger partial charge on any atom is 0.168 e. The number of carbonyl (C=O) groups is 1. The third kappa shape index (κ3) is 4.48. The van der Waals surface area contributed by atoms with Gasteiger partial charge in [-0.15, -0.1) is 0 Å². The van der Waals surface area contributed by atoms with Crippen LogP contribution in [-0.4, -0.2) is 22.6 Å². The van der Waals surface area contributed by atoms with Crippen molar-refractivity contribution in [2.45, 2.75) is 66.8 Å². The van der Waals surface area contributed by atoms with Crippen LogP contribution in [0, 0.1) is 11.3 Å². The number of aliphatic hydroxyl groups is 1. The predicted octanol–water partition coefficient (Wildman–Crippen LogP) is 4.08. The molecule has 0 bridgehead atoms. The zero-order chi connectivity index (χ0) is 14.8. The number of aliphatic imine (C=N–C) groups is 1. The molecular formula is C16H27NO2. The first kappa shape index (κ1) is 15.9. The molecule has 3 heteroatoms. The average molecular weight is 265 g/mol. The number of hydrogen-bond acceptors (Lipinski definition) is 3. The molecule has 0 unspecified atom stereocenters. The fraction of sp³-hybridized carbons (Fsp3) is 0.750. The molecule has 0 aromatic heterocycles. The molecule has 0 saturated heterocycles. The molecule has 3 nitrogen and oxygen atoms in total. The van der Waals surface area contributed by atoms with Gasteiger partial charge in [0.15, 0.2) is 5.78 Å². The van der Waals surface area contributed by atoms with Crippen molar-refractivity contribution >= 4 is 11.5 Å². The van der Waals surface area contributed by atoms with E-state index in [0.29, 0.717) is 24.3 Å². The molecule has 0 fully saturated rings. The fourth-order valence-electron chi connectivity index (χ4n) is 2.53. The Labute approximate surface area is 116 Å². The third-order valence-corrected chi connectivity index (χ3v) is 3.16. The van der Waals surface area contributed by atoms with Gasteiger partial charge in [-0.2, -0.15) is 0 Å². The van der Waals surface area contributed by atoms with Crippen molar-refractivity contribution in [1.82, 2.24) is 0 Å². The zero-order valence-corrected chi connectivity index (χ0v) is 13.1. The second-order valence-corrected chi connectivity index (χ2v) is 7.03. The fourth-order valence-corrected chi connectivity index (χ4v) is 2.53. The normalized spacial score (nSPS) is 20.6. The summed E-state index contributed by atoms with van der Waals surface area (Å²) < 4.78 is 0. The van der Waals surface area contributed by atoms with Crippen LogP contribution in [0.5, 0.6) is 0 Å². The molecule has 0 aromatic rings. The van der Waals surface area contributed by atoms with Gasteiger partial charge in [-0.25, -0.2) is 0 Å². The molecule has 0 aromatic carbocycles. The van der Waals surface area contributed by atoms with Gasteiger partial charge in [0.25, 0.3) is 0 Å². The first-order chi connectivity index (χ1) is 8.62. The Hall–Kier alpha value is -1.12. The van der Waals surface area contributed by atoms with Crippen molar-refractivity contribution in [1.29, 1.82) is 0 Å². The molecule has 108 valence electrons. The van der Waals surface area contributed by atoms with Crippen LogP contribution in [0.2, 0.25) is 0 Å². The van der Waals surface area contributed by atoms with Crippen molar-refractivity contribution in [3.63, 3.8) is 0 Å². The molecule has 0 amide bonds. The number of carbonyl (C=O) groups excluding carboxylic acids is 1. The van der Waals surface area contributed by atoms with E-state index in [-0.39, 0.29) is 23.0 Å². The van der Waals surface area contributed by atoms with E-state index in [0.717, 1.165) is 12.1 Å². The number of aliphatic hydroxyl groups excluding tert-OH is 1. The van der Waals surface area contributed by atoms with Crippen molar-refractivity contribution in [3.05, 3.63) is 11.3 Å². The van der Waals surface area contributed by atoms with Crippen molar-refractivity contribution in [3.8, 4) is 0 Å². The Bertz CT molecular complexity index is 414. The summed E-state index contributed by atoms with van der Waals surface area (Å²) >= 11 is 0. The summed E-state index contributed by atoms with van der Waals surface area (Å²) in [6.45, 7) is 12.2. The minimum absolute atomic E-state index is 0.0359. The van der Waals surface area contributed by atoms with Crippen molar-refractivity contribution in [2.75, 3.05) is 0 Å². The van der Waals surface area contributed by atoms with E-state index in [2.05, 4.69) is 18.8 Å². The highest BCUT2D eigenvalue weighted by Crippen LogP contribution is 2.36. The van der Waals surface area contributed by atoms with Crippen LogP contribution >= 0.6 is 0 Å². The summed E-state index contributed by atoms with van der Waals surface area (Å²) in [6, 6.07) is 0.136. The van der Waals surface area contributed by atoms with Crippen LogP contribution in [0.1, 0.15) is 60.8 Å². The number of ketones is 1. The summed E-state index contributed by atoms with van der Waals surface area (Å²) in [5.41, 5.74) is 1.12. The highest BCUT2D eigenvalue weighted by molar-refractivity contribution is 6.23. The SMILES string of the molecule is CC(C)CC(=NC(C)C)C1=C(O)CC(C)(C)CC1=O. The van der Waals surface area contributed by atoms with Crippen LogP contribution in [0.3, 0.4) is 0 Å². The smallest absolute Gasteiger partial charge is 0.168 e. The summed E-state index contributed by atoms with van der Waals surface area (Å²) in [5.74, 6) is 0.677. The van der Waals surface area contributed by atoms with E-state index >= 15 is 0 Å². The van der Waals surface area contributed by atoms with Gasteiger partial charge < -0.3 is 5.11 Å². The third-order valence-electron chi connectivity index (χ3n) is 3.16. The van der Waals surface area contributed by atoms with Gasteiger partial charge in [0.1, 0.15) is 5.76 Å². The van der Waals surface area contributed by atoms with Crippen LogP contribution < -0.4 is 0 Å². The topological polar surface area (TPSA) is 49.7 Å². The lowest BCUT2D eigenvalue weighted by Crippen LogP contribution is -2.30. The van der Waals surface area contributed by atoms with Gasteiger partial charge in [0, 0.05) is 24.6 Å². The number of Topliss-reactive ketones (excluding diaryl/α,β-unsaturated/α-hetero) is 1. The lowest BCUT2D eigenvalue weighted by Gasteiger charge is -2.30. The van der Waals surface area contributed by atoms with E-state index in [1.165, 1.54) is 0 Å². The first-order valence-corrected chi connectivity index (χ1v) is 7.14. The molecule has 0 heterocycles. The Kier molecular flexibility index (Phi) is 4.94. The van der Waals surface area contributed by atoms with Gasteiger partial charge in [0.05, 0.1) is 5.57 Å². The van der Waals surface area contributed by atoms with Gasteiger partial charge in [0.2, 0.25) is 0 Å². The minimum Gasteiger partial charge on any atom is -0.511 e. The van der Waals surface area contributed by atoms with E-state index in [1.807, 2.05) is 27.7 Å². The van der Waals surface area contributed by atoms with E-state index in [9.17, 15) is 9.90 Å². The van der Waals surface area contributed by atoms with Crippen LogP contribution in [0.4, 0.5) is 0 Å². The average Bonchev–Trinajstić information content (AvgIpc) is 2.10. The molecule has 0 spiro atoms. The Morgan fingerprint density at radius 2 is 1.84 bits per heavy atom. The lowest BCUT2D eigenvalue weighted by molar-refractivity contribution is -0.117. The van der Waals surface area contributed by atoms with Crippen molar-refractivity contribution < 1.29 is 9.90 Å². The summed E-state index contributed by atoms with van der Waals surface area (Å²) in [5, 5.41) is 10.2. The maximum atomic E-state index is 12.3. The quantitative estimate of drug-likeness (QED) is 0.778. The van der Waals surface area contributed by atoms with E-state index in [1.54, 1.807) is 0 Å². The van der Waals surface area contributed by atoms with Crippen LogP contribution in [-0.2, 0) is 4.79 Å². The lowest BCUT2D eigenvalue weighted by atomic mass is 9.75. The molecule has 0 radical (unpaired) electrons. The minimum atomic E-state index is -0.147. The predicted molar refractivity (Wildman–Crippen MR) is 79.7 cm³/mol. The highest BCUT2D eigenvalue weighted by atomic mass is 16.3. The Morgan fingerprint density at radius 1 is 1.26 bits per heavy atom. The molecule has 0 aliphatic heterocycles. The van der Waals surface area contributed by atoms with Crippen molar-refractivity contribution in [2.24, 2.45) is 16.3 Å². The molecule has 1 N–H and O–H groups in total. The first-order valence-electron chi connectivity index (χ1n) is 7.14. The molecule has 0 atom stereocenters. The van der Waals surface area contributed by atoms with Crippen LogP contribution in [0.15, 0.2) is 16.3 Å². The Balaban J connectivity index is 3.18. The van der Waals surface area contributed by atoms with Gasteiger partial charge in [-0.3, -0.25) is 9.79 Å². The summed E-state index contributed by atoms with van der Waals surface area (Å²) in [4.78, 5) is 16.9.